The molecule has 0 nitrogen and oxygen atoms in total. The smallest absolute Gasteiger partial charge is 0.0181 e. The van der Waals surface area contributed by atoms with E-state index in [1.165, 1.54) is 22.3 Å². The van der Waals surface area contributed by atoms with Gasteiger partial charge in [-0.25, -0.2) is 0 Å². The topological polar surface area (TPSA) is 0 Å². The summed E-state index contributed by atoms with van der Waals surface area (Å²) in [4.78, 5) is 0. The standard InChI is InChI=1S/C18H22/c1-14-7-5-9-16(11-14)17-10-6-8-15(12-17)13-18(2,3)4/h5-12H,13H2,1-4H3. The Balaban J connectivity index is 2.33. The fraction of sp³-hybridized carbons (Fsp3) is 0.333. The molecule has 2 rings (SSSR count). The molecule has 0 N–H and O–H groups in total. The maximum absolute atomic E-state index is 2.32. The Morgan fingerprint density at radius 1 is 0.833 bits per heavy atom. The lowest BCUT2D eigenvalue weighted by molar-refractivity contribution is 0.411. The quantitative estimate of drug-likeness (QED) is 0.670. The minimum Gasteiger partial charge on any atom is -0.0614 e. The number of benzene rings is 2. The van der Waals surface area contributed by atoms with E-state index in [2.05, 4.69) is 76.2 Å². The van der Waals surface area contributed by atoms with E-state index < -0.39 is 0 Å². The predicted octanol–water partition coefficient (Wildman–Crippen LogP) is 5.25. The van der Waals surface area contributed by atoms with Gasteiger partial charge in [-0.3, -0.25) is 0 Å². The molecule has 2 aromatic rings. The Hall–Kier alpha value is -1.56. The first-order chi connectivity index (χ1) is 8.44. The van der Waals surface area contributed by atoms with Crippen LogP contribution in [0.1, 0.15) is 31.9 Å². The van der Waals surface area contributed by atoms with Crippen molar-refractivity contribution in [2.75, 3.05) is 0 Å². The highest BCUT2D eigenvalue weighted by molar-refractivity contribution is 5.64. The SMILES string of the molecule is Cc1cccc(-c2cccc(CC(C)(C)C)c2)c1. The largest absolute Gasteiger partial charge is 0.0614 e. The van der Waals surface area contributed by atoms with Gasteiger partial charge in [-0.2, -0.15) is 0 Å². The highest BCUT2D eigenvalue weighted by Gasteiger charge is 2.11. The van der Waals surface area contributed by atoms with Crippen LogP contribution >= 0.6 is 0 Å². The molecular formula is C18H22. The first-order valence-electron chi connectivity index (χ1n) is 6.60. The van der Waals surface area contributed by atoms with Crippen LogP contribution < -0.4 is 0 Å². The molecule has 18 heavy (non-hydrogen) atoms. The predicted molar refractivity (Wildman–Crippen MR) is 79.8 cm³/mol. The van der Waals surface area contributed by atoms with E-state index >= 15 is 0 Å². The van der Waals surface area contributed by atoms with Gasteiger partial charge < -0.3 is 0 Å². The van der Waals surface area contributed by atoms with E-state index in [4.69, 9.17) is 0 Å². The van der Waals surface area contributed by atoms with Crippen LogP contribution in [-0.4, -0.2) is 0 Å². The van der Waals surface area contributed by atoms with Crippen molar-refractivity contribution in [3.8, 4) is 11.1 Å². The monoisotopic (exact) mass is 238 g/mol. The fourth-order valence-corrected chi connectivity index (χ4v) is 2.30. The van der Waals surface area contributed by atoms with Crippen LogP contribution in [0.15, 0.2) is 48.5 Å². The molecule has 0 unspecified atom stereocenters. The average molecular weight is 238 g/mol. The number of aryl methyl sites for hydroxylation is 1. The third-order valence-electron chi connectivity index (χ3n) is 3.01. The molecular weight excluding hydrogens is 216 g/mol. The molecule has 0 amide bonds. The van der Waals surface area contributed by atoms with Gasteiger partial charge >= 0.3 is 0 Å². The van der Waals surface area contributed by atoms with E-state index in [9.17, 15) is 0 Å². The van der Waals surface area contributed by atoms with Crippen molar-refractivity contribution in [1.82, 2.24) is 0 Å². The van der Waals surface area contributed by atoms with Gasteiger partial charge in [0, 0.05) is 0 Å². The highest BCUT2D eigenvalue weighted by Crippen LogP contribution is 2.25. The van der Waals surface area contributed by atoms with Crippen molar-refractivity contribution < 1.29 is 0 Å². The number of rotatable bonds is 2. The molecule has 0 atom stereocenters. The van der Waals surface area contributed by atoms with Gasteiger partial charge in [0.2, 0.25) is 0 Å². The zero-order valence-electron chi connectivity index (χ0n) is 11.8. The highest BCUT2D eigenvalue weighted by atomic mass is 14.2. The average Bonchev–Trinajstić information content (AvgIpc) is 2.27. The summed E-state index contributed by atoms with van der Waals surface area (Å²) in [5.41, 5.74) is 5.70. The van der Waals surface area contributed by atoms with E-state index in [0.717, 1.165) is 6.42 Å². The van der Waals surface area contributed by atoms with Crippen molar-refractivity contribution in [1.29, 1.82) is 0 Å². The minimum atomic E-state index is 0.339. The summed E-state index contributed by atoms with van der Waals surface area (Å²) in [6.45, 7) is 8.99. The Kier molecular flexibility index (Phi) is 3.56. The van der Waals surface area contributed by atoms with Crippen molar-refractivity contribution in [3.63, 3.8) is 0 Å². The third-order valence-corrected chi connectivity index (χ3v) is 3.01. The summed E-state index contributed by atoms with van der Waals surface area (Å²) in [7, 11) is 0. The van der Waals surface area contributed by atoms with Gasteiger partial charge in [0.25, 0.3) is 0 Å². The molecule has 0 aliphatic heterocycles. The summed E-state index contributed by atoms with van der Waals surface area (Å²) in [5, 5.41) is 0. The molecule has 0 heteroatoms. The van der Waals surface area contributed by atoms with Crippen molar-refractivity contribution in [2.45, 2.75) is 34.1 Å². The fourth-order valence-electron chi connectivity index (χ4n) is 2.30. The molecule has 2 aromatic carbocycles. The lowest BCUT2D eigenvalue weighted by Crippen LogP contribution is -2.08. The molecule has 0 aliphatic rings. The lowest BCUT2D eigenvalue weighted by Gasteiger charge is -2.18. The van der Waals surface area contributed by atoms with Gasteiger partial charge in [-0.15, -0.1) is 0 Å². The van der Waals surface area contributed by atoms with Crippen LogP contribution in [0.25, 0.3) is 11.1 Å². The number of hydrogen-bond acceptors (Lipinski definition) is 0. The summed E-state index contributed by atoms with van der Waals surface area (Å²) < 4.78 is 0. The molecule has 94 valence electrons. The van der Waals surface area contributed by atoms with Gasteiger partial charge in [0.15, 0.2) is 0 Å². The minimum absolute atomic E-state index is 0.339. The van der Waals surface area contributed by atoms with Crippen molar-refractivity contribution in [3.05, 3.63) is 59.7 Å². The van der Waals surface area contributed by atoms with E-state index in [-0.39, 0.29) is 0 Å². The van der Waals surface area contributed by atoms with Gasteiger partial charge in [-0.05, 0) is 35.4 Å². The van der Waals surface area contributed by atoms with Crippen molar-refractivity contribution >= 4 is 0 Å². The van der Waals surface area contributed by atoms with Crippen LogP contribution in [0, 0.1) is 12.3 Å². The summed E-state index contributed by atoms with van der Waals surface area (Å²) in [6.07, 6.45) is 1.12. The van der Waals surface area contributed by atoms with Crippen LogP contribution in [0.5, 0.6) is 0 Å². The van der Waals surface area contributed by atoms with Gasteiger partial charge in [-0.1, -0.05) is 74.9 Å². The second kappa shape index (κ2) is 4.97. The Morgan fingerprint density at radius 2 is 1.44 bits per heavy atom. The maximum Gasteiger partial charge on any atom is -0.0181 e. The molecule has 0 bridgehead atoms. The molecule has 0 saturated carbocycles. The Labute approximate surface area is 111 Å². The lowest BCUT2D eigenvalue weighted by atomic mass is 9.87. The molecule has 0 heterocycles. The first kappa shape index (κ1) is 12.9. The van der Waals surface area contributed by atoms with Gasteiger partial charge in [0.05, 0.1) is 0 Å². The Morgan fingerprint density at radius 3 is 2.06 bits per heavy atom. The van der Waals surface area contributed by atoms with E-state index in [1.807, 2.05) is 0 Å². The second-order valence-corrected chi connectivity index (χ2v) is 6.31. The van der Waals surface area contributed by atoms with E-state index in [1.54, 1.807) is 0 Å². The summed E-state index contributed by atoms with van der Waals surface area (Å²) in [6, 6.07) is 17.6. The van der Waals surface area contributed by atoms with Crippen LogP contribution in [0.2, 0.25) is 0 Å². The normalized spacial score (nSPS) is 11.6. The molecule has 0 radical (unpaired) electrons. The first-order valence-corrected chi connectivity index (χ1v) is 6.60. The Bertz CT molecular complexity index is 530. The van der Waals surface area contributed by atoms with E-state index in [0.29, 0.717) is 5.41 Å². The van der Waals surface area contributed by atoms with Crippen LogP contribution in [-0.2, 0) is 6.42 Å². The summed E-state index contributed by atoms with van der Waals surface area (Å²) in [5.74, 6) is 0. The molecule has 0 aromatic heterocycles. The maximum atomic E-state index is 2.32. The molecule has 0 spiro atoms. The molecule has 0 saturated heterocycles. The van der Waals surface area contributed by atoms with Gasteiger partial charge in [0.1, 0.15) is 0 Å². The third kappa shape index (κ3) is 3.46. The molecule has 0 aliphatic carbocycles. The second-order valence-electron chi connectivity index (χ2n) is 6.31. The van der Waals surface area contributed by atoms with Crippen LogP contribution in [0.4, 0.5) is 0 Å². The number of hydrogen-bond donors (Lipinski definition) is 0. The zero-order valence-corrected chi connectivity index (χ0v) is 11.8. The zero-order chi connectivity index (χ0) is 13.2. The molecule has 0 fully saturated rings. The van der Waals surface area contributed by atoms with Crippen molar-refractivity contribution in [2.24, 2.45) is 5.41 Å². The summed E-state index contributed by atoms with van der Waals surface area (Å²) >= 11 is 0. The van der Waals surface area contributed by atoms with Crippen LogP contribution in [0.3, 0.4) is 0 Å².